The Hall–Kier alpha value is 0.434. The first-order valence-corrected chi connectivity index (χ1v) is 26.0. The average molecular weight is 611 g/mol. The molecule has 0 saturated heterocycles. The van der Waals surface area contributed by atoms with Gasteiger partial charge in [0.15, 0.2) is 0 Å². The molecule has 0 radical (unpaired) electrons. The highest BCUT2D eigenvalue weighted by atomic mass is 28.3. The minimum Gasteiger partial charge on any atom is -0.0689 e. The van der Waals surface area contributed by atoms with Crippen molar-refractivity contribution in [2.45, 2.75) is 168 Å². The summed E-state index contributed by atoms with van der Waals surface area (Å²) in [6, 6.07) is 0. The van der Waals surface area contributed by atoms with E-state index in [1.807, 2.05) is 0 Å². The van der Waals surface area contributed by atoms with E-state index >= 15 is 0 Å². The zero-order valence-electron chi connectivity index (χ0n) is 30.5. The van der Waals surface area contributed by atoms with Crippen molar-refractivity contribution in [3.05, 3.63) is 0 Å². The Bertz CT molecular complexity index is 849. The van der Waals surface area contributed by atoms with Crippen molar-refractivity contribution in [1.82, 2.24) is 0 Å². The first-order valence-electron chi connectivity index (χ1n) is 19.7. The van der Waals surface area contributed by atoms with Gasteiger partial charge in [-0.2, -0.15) is 0 Å². The van der Waals surface area contributed by atoms with Crippen LogP contribution in [0.15, 0.2) is 0 Å². The third-order valence-electron chi connectivity index (χ3n) is 18.4. The molecule has 6 aliphatic carbocycles. The molecule has 0 N–H and O–H groups in total. The fourth-order valence-corrected chi connectivity index (χ4v) is 28.5. The van der Waals surface area contributed by atoms with Gasteiger partial charge in [-0.25, -0.2) is 0 Å². The molecular formula is C40H74Si2. The molecule has 0 bridgehead atoms. The van der Waals surface area contributed by atoms with Gasteiger partial charge in [0.1, 0.15) is 0 Å². The lowest BCUT2D eigenvalue weighted by molar-refractivity contribution is 0.0433. The maximum Gasteiger partial charge on any atom is 0.0544 e. The Morgan fingerprint density at radius 3 is 0.881 bits per heavy atom. The van der Waals surface area contributed by atoms with Gasteiger partial charge >= 0.3 is 0 Å². The molecule has 0 spiro atoms. The highest BCUT2D eigenvalue weighted by Gasteiger charge is 2.60. The normalized spacial score (nSPS) is 55.1. The average Bonchev–Trinajstić information content (AvgIpc) is 3.68. The van der Waals surface area contributed by atoms with Gasteiger partial charge in [-0.15, -0.1) is 0 Å². The van der Waals surface area contributed by atoms with Gasteiger partial charge in [-0.05, 0) is 131 Å². The maximum absolute atomic E-state index is 2.89. The molecule has 6 rings (SSSR count). The van der Waals surface area contributed by atoms with E-state index in [1.54, 1.807) is 64.2 Å². The standard InChI is InChI=1S/C40H74Si2/c1-23-24(2)28(6)39(27(23)5)41(9,10)37-21-19-33-31(15-13-17-35(33)37)32-16-14-18-36-34(32)20-22-38(36)42(11,12)40-29(7)25(3)26(4)30(40)8/h23-40H,13-22H2,1-12H3. The Kier molecular flexibility index (Phi) is 8.94. The van der Waals surface area contributed by atoms with E-state index in [0.29, 0.717) is 0 Å². The number of hydrogen-bond acceptors (Lipinski definition) is 0. The summed E-state index contributed by atoms with van der Waals surface area (Å²) in [6.07, 6.45) is 16.0. The molecule has 42 heavy (non-hydrogen) atoms. The van der Waals surface area contributed by atoms with E-state index in [2.05, 4.69) is 81.6 Å². The van der Waals surface area contributed by atoms with Crippen LogP contribution in [0.5, 0.6) is 0 Å². The smallest absolute Gasteiger partial charge is 0.0544 e. The Morgan fingerprint density at radius 2 is 0.571 bits per heavy atom. The van der Waals surface area contributed by atoms with Crippen molar-refractivity contribution >= 4 is 16.1 Å². The van der Waals surface area contributed by atoms with Gasteiger partial charge in [0.05, 0.1) is 16.1 Å². The van der Waals surface area contributed by atoms with Gasteiger partial charge in [0.25, 0.3) is 0 Å². The third-order valence-corrected chi connectivity index (χ3v) is 29.2. The van der Waals surface area contributed by atoms with Crippen LogP contribution >= 0.6 is 0 Å². The van der Waals surface area contributed by atoms with E-state index in [9.17, 15) is 0 Å². The van der Waals surface area contributed by atoms with Crippen LogP contribution in [0, 0.1) is 82.9 Å². The van der Waals surface area contributed by atoms with E-state index in [-0.39, 0.29) is 0 Å². The molecule has 16 atom stereocenters. The lowest BCUT2D eigenvalue weighted by atomic mass is 9.60. The van der Waals surface area contributed by atoms with E-state index in [0.717, 1.165) is 105 Å². The molecule has 0 aromatic heterocycles. The number of rotatable bonds is 5. The molecule has 0 heterocycles. The quantitative estimate of drug-likeness (QED) is 0.272. The van der Waals surface area contributed by atoms with Crippen molar-refractivity contribution in [3.63, 3.8) is 0 Å². The van der Waals surface area contributed by atoms with Crippen molar-refractivity contribution in [2.75, 3.05) is 0 Å². The van der Waals surface area contributed by atoms with Gasteiger partial charge in [0, 0.05) is 0 Å². The summed E-state index contributed by atoms with van der Waals surface area (Å²) in [4.78, 5) is 0. The van der Waals surface area contributed by atoms with Crippen LogP contribution in [-0.4, -0.2) is 16.1 Å². The summed E-state index contributed by atoms with van der Waals surface area (Å²) in [5, 5.41) is 0. The van der Waals surface area contributed by atoms with Crippen LogP contribution in [0.25, 0.3) is 0 Å². The molecule has 6 saturated carbocycles. The van der Waals surface area contributed by atoms with Gasteiger partial charge in [-0.3, -0.25) is 0 Å². The predicted molar refractivity (Wildman–Crippen MR) is 190 cm³/mol. The van der Waals surface area contributed by atoms with E-state index in [4.69, 9.17) is 0 Å². The Labute approximate surface area is 266 Å². The molecule has 16 unspecified atom stereocenters. The predicted octanol–water partition coefficient (Wildman–Crippen LogP) is 12.7. The van der Waals surface area contributed by atoms with Crippen LogP contribution in [0.3, 0.4) is 0 Å². The largest absolute Gasteiger partial charge is 0.0689 e. The Morgan fingerprint density at radius 1 is 0.310 bits per heavy atom. The van der Waals surface area contributed by atoms with Crippen molar-refractivity contribution in [2.24, 2.45) is 82.9 Å². The third kappa shape index (κ3) is 4.80. The van der Waals surface area contributed by atoms with Gasteiger partial charge in [0.2, 0.25) is 0 Å². The molecule has 0 aromatic carbocycles. The van der Waals surface area contributed by atoms with E-state index in [1.165, 1.54) is 0 Å². The van der Waals surface area contributed by atoms with Crippen LogP contribution in [-0.2, 0) is 0 Å². The second-order valence-corrected chi connectivity index (χ2v) is 29.9. The highest BCUT2D eigenvalue weighted by molar-refractivity contribution is 6.81. The monoisotopic (exact) mass is 611 g/mol. The molecule has 0 amide bonds. The zero-order chi connectivity index (χ0) is 30.5. The molecule has 6 fully saturated rings. The fraction of sp³-hybridized carbons (Fsp3) is 1.00. The minimum absolute atomic E-state index is 0.928. The van der Waals surface area contributed by atoms with E-state index < -0.39 is 16.1 Å². The summed E-state index contributed by atoms with van der Waals surface area (Å²) in [5.74, 6) is 14.1. The lowest BCUT2D eigenvalue weighted by Gasteiger charge is -2.50. The number of hydrogen-bond donors (Lipinski definition) is 0. The van der Waals surface area contributed by atoms with Gasteiger partial charge < -0.3 is 0 Å². The van der Waals surface area contributed by atoms with Crippen LogP contribution in [0.2, 0.25) is 48.4 Å². The summed E-state index contributed by atoms with van der Waals surface area (Å²) in [7, 11) is -2.66. The minimum atomic E-state index is -1.33. The summed E-state index contributed by atoms with van der Waals surface area (Å²) >= 11 is 0. The van der Waals surface area contributed by atoms with Crippen molar-refractivity contribution in [3.8, 4) is 0 Å². The second-order valence-electron chi connectivity index (χ2n) is 19.8. The summed E-state index contributed by atoms with van der Waals surface area (Å²) < 4.78 is 0. The molecule has 2 heteroatoms. The topological polar surface area (TPSA) is 0 Å². The first-order chi connectivity index (χ1) is 19.7. The van der Waals surface area contributed by atoms with Crippen LogP contribution in [0.4, 0.5) is 0 Å². The maximum atomic E-state index is 2.89. The lowest BCUT2D eigenvalue weighted by Crippen LogP contribution is -2.47. The molecule has 242 valence electrons. The molecule has 0 nitrogen and oxygen atoms in total. The summed E-state index contributed by atoms with van der Waals surface area (Å²) in [6.45, 7) is 32.6. The molecule has 6 aliphatic rings. The molecule has 0 aliphatic heterocycles. The van der Waals surface area contributed by atoms with Crippen LogP contribution in [0.1, 0.15) is 120 Å². The van der Waals surface area contributed by atoms with Crippen LogP contribution < -0.4 is 0 Å². The summed E-state index contributed by atoms with van der Waals surface area (Å²) in [5.41, 5.74) is 4.35. The zero-order valence-corrected chi connectivity index (χ0v) is 32.5. The van der Waals surface area contributed by atoms with Gasteiger partial charge in [-0.1, -0.05) is 120 Å². The Balaban J connectivity index is 1.19. The molecular weight excluding hydrogens is 537 g/mol. The second kappa shape index (κ2) is 11.6. The van der Waals surface area contributed by atoms with Crippen molar-refractivity contribution in [1.29, 1.82) is 0 Å². The fourth-order valence-electron chi connectivity index (χ4n) is 16.0. The SMILES string of the molecule is CC1C(C)C(C)C([Si](C)(C)C2CCC3C(C4CCCC5C4CCC5[Si](C)(C)C4C(C)C(C)C(C)C4C)CCCC32)C1C. The first kappa shape index (κ1) is 32.4. The molecule has 0 aromatic rings. The van der Waals surface area contributed by atoms with Crippen molar-refractivity contribution < 1.29 is 0 Å². The number of fused-ring (bicyclic) bond motifs is 2. The highest BCUT2D eigenvalue weighted by Crippen LogP contribution is 2.67.